The van der Waals surface area contributed by atoms with Crippen molar-refractivity contribution in [3.63, 3.8) is 0 Å². The lowest BCUT2D eigenvalue weighted by molar-refractivity contribution is 0.0260. The molecule has 0 aromatic heterocycles. The number of rotatable bonds is 4. The summed E-state index contributed by atoms with van der Waals surface area (Å²) in [6.45, 7) is 8.38. The lowest BCUT2D eigenvalue weighted by Crippen LogP contribution is -2.47. The first kappa shape index (κ1) is 15.3. The summed E-state index contributed by atoms with van der Waals surface area (Å²) < 4.78 is 5.60. The van der Waals surface area contributed by atoms with Crippen LogP contribution < -0.4 is 5.32 Å². The fourth-order valence-corrected chi connectivity index (χ4v) is 3.64. The maximum atomic E-state index is 5.60. The number of nitrogens with one attached hydrogen (secondary N) is 1. The van der Waals surface area contributed by atoms with E-state index in [9.17, 15) is 0 Å². The Morgan fingerprint density at radius 3 is 2.89 bits per heavy atom. The second-order valence-corrected chi connectivity index (χ2v) is 6.47. The quantitative estimate of drug-likeness (QED) is 0.848. The van der Waals surface area contributed by atoms with Gasteiger partial charge in [-0.3, -0.25) is 4.90 Å². The number of hydrogen-bond donors (Lipinski definition) is 1. The van der Waals surface area contributed by atoms with E-state index in [2.05, 4.69) is 24.1 Å². The molecular formula is C16H32N2O. The van der Waals surface area contributed by atoms with Gasteiger partial charge in [-0.25, -0.2) is 0 Å². The molecule has 0 aromatic carbocycles. The summed E-state index contributed by atoms with van der Waals surface area (Å²) in [6.07, 6.45) is 8.26. The standard InChI is InChI=1S/C16H32N2O/c1-4-13(2)16-12-18(10-6-9-17-16)14-7-5-8-15(11-14)19-3/h13-17H,4-12H2,1-3H3. The van der Waals surface area contributed by atoms with Gasteiger partial charge in [0, 0.05) is 25.7 Å². The van der Waals surface area contributed by atoms with Crippen molar-refractivity contribution in [2.24, 2.45) is 5.92 Å². The third-order valence-corrected chi connectivity index (χ3v) is 5.24. The molecule has 3 nitrogen and oxygen atoms in total. The van der Waals surface area contributed by atoms with E-state index in [1.165, 1.54) is 58.2 Å². The molecule has 1 N–H and O–H groups in total. The van der Waals surface area contributed by atoms with E-state index in [-0.39, 0.29) is 0 Å². The molecule has 1 aliphatic carbocycles. The molecule has 112 valence electrons. The Morgan fingerprint density at radius 1 is 1.32 bits per heavy atom. The largest absolute Gasteiger partial charge is 0.381 e. The first-order valence-electron chi connectivity index (χ1n) is 8.24. The van der Waals surface area contributed by atoms with Gasteiger partial charge in [-0.05, 0) is 51.1 Å². The average molecular weight is 268 g/mol. The molecule has 0 radical (unpaired) electrons. The Morgan fingerprint density at radius 2 is 2.16 bits per heavy atom. The zero-order valence-corrected chi connectivity index (χ0v) is 13.0. The van der Waals surface area contributed by atoms with E-state index in [1.807, 2.05) is 7.11 Å². The van der Waals surface area contributed by atoms with Crippen LogP contribution in [0.1, 0.15) is 52.4 Å². The van der Waals surface area contributed by atoms with Crippen LogP contribution in [0.2, 0.25) is 0 Å². The summed E-state index contributed by atoms with van der Waals surface area (Å²) >= 11 is 0. The van der Waals surface area contributed by atoms with E-state index >= 15 is 0 Å². The fraction of sp³-hybridized carbons (Fsp3) is 1.00. The van der Waals surface area contributed by atoms with E-state index in [4.69, 9.17) is 4.74 Å². The normalized spacial score (nSPS) is 35.8. The first-order chi connectivity index (χ1) is 9.24. The van der Waals surface area contributed by atoms with Crippen molar-refractivity contribution in [3.8, 4) is 0 Å². The Bertz CT molecular complexity index is 259. The van der Waals surface area contributed by atoms with Crippen LogP contribution in [0.5, 0.6) is 0 Å². The Kier molecular flexibility index (Phi) is 6.11. The minimum atomic E-state index is 0.497. The smallest absolute Gasteiger partial charge is 0.0586 e. The van der Waals surface area contributed by atoms with Gasteiger partial charge in [0.2, 0.25) is 0 Å². The minimum absolute atomic E-state index is 0.497. The van der Waals surface area contributed by atoms with Crippen LogP contribution in [0, 0.1) is 5.92 Å². The van der Waals surface area contributed by atoms with Gasteiger partial charge in [0.1, 0.15) is 0 Å². The third kappa shape index (κ3) is 4.17. The molecule has 1 aliphatic heterocycles. The van der Waals surface area contributed by atoms with E-state index in [0.29, 0.717) is 12.1 Å². The molecule has 2 aliphatic rings. The Hall–Kier alpha value is -0.120. The Balaban J connectivity index is 1.93. The molecule has 0 amide bonds. The topological polar surface area (TPSA) is 24.5 Å². The molecule has 0 bridgehead atoms. The molecule has 2 rings (SSSR count). The molecule has 4 unspecified atom stereocenters. The van der Waals surface area contributed by atoms with Crippen molar-refractivity contribution in [1.82, 2.24) is 10.2 Å². The number of methoxy groups -OCH3 is 1. The molecule has 4 atom stereocenters. The van der Waals surface area contributed by atoms with Crippen LogP contribution >= 0.6 is 0 Å². The lowest BCUT2D eigenvalue weighted by Gasteiger charge is -2.38. The van der Waals surface area contributed by atoms with Gasteiger partial charge in [-0.1, -0.05) is 20.3 Å². The number of hydrogen-bond acceptors (Lipinski definition) is 3. The van der Waals surface area contributed by atoms with Crippen molar-refractivity contribution in [1.29, 1.82) is 0 Å². The van der Waals surface area contributed by atoms with Crippen molar-refractivity contribution < 1.29 is 4.74 Å². The van der Waals surface area contributed by atoms with E-state index in [0.717, 1.165) is 12.0 Å². The minimum Gasteiger partial charge on any atom is -0.381 e. The van der Waals surface area contributed by atoms with E-state index in [1.54, 1.807) is 0 Å². The zero-order valence-electron chi connectivity index (χ0n) is 13.0. The maximum absolute atomic E-state index is 5.60. The SMILES string of the molecule is CCC(C)C1CN(C2CCCC(OC)C2)CCCN1. The van der Waals surface area contributed by atoms with Gasteiger partial charge in [-0.2, -0.15) is 0 Å². The lowest BCUT2D eigenvalue weighted by atomic mass is 9.90. The van der Waals surface area contributed by atoms with Gasteiger partial charge >= 0.3 is 0 Å². The predicted molar refractivity (Wildman–Crippen MR) is 80.5 cm³/mol. The van der Waals surface area contributed by atoms with Gasteiger partial charge in [0.05, 0.1) is 6.10 Å². The molecule has 1 saturated carbocycles. The highest BCUT2D eigenvalue weighted by Crippen LogP contribution is 2.26. The number of nitrogens with zero attached hydrogens (tertiary/aromatic N) is 1. The van der Waals surface area contributed by atoms with Gasteiger partial charge < -0.3 is 10.1 Å². The van der Waals surface area contributed by atoms with Crippen molar-refractivity contribution in [2.75, 3.05) is 26.7 Å². The summed E-state index contributed by atoms with van der Waals surface area (Å²) in [5.41, 5.74) is 0. The molecule has 2 fully saturated rings. The fourth-order valence-electron chi connectivity index (χ4n) is 3.64. The van der Waals surface area contributed by atoms with Gasteiger partial charge in [-0.15, -0.1) is 0 Å². The van der Waals surface area contributed by atoms with Crippen LogP contribution in [0.25, 0.3) is 0 Å². The highest BCUT2D eigenvalue weighted by atomic mass is 16.5. The average Bonchev–Trinajstić information content (AvgIpc) is 2.72. The molecule has 19 heavy (non-hydrogen) atoms. The molecule has 1 heterocycles. The summed E-state index contributed by atoms with van der Waals surface area (Å²) in [5.74, 6) is 0.780. The summed E-state index contributed by atoms with van der Waals surface area (Å²) in [4.78, 5) is 2.75. The van der Waals surface area contributed by atoms with Crippen molar-refractivity contribution in [2.45, 2.75) is 70.6 Å². The number of ether oxygens (including phenoxy) is 1. The van der Waals surface area contributed by atoms with Gasteiger partial charge in [0.25, 0.3) is 0 Å². The maximum Gasteiger partial charge on any atom is 0.0586 e. The summed E-state index contributed by atoms with van der Waals surface area (Å²) in [5, 5.41) is 3.75. The van der Waals surface area contributed by atoms with Gasteiger partial charge in [0.15, 0.2) is 0 Å². The van der Waals surface area contributed by atoms with Crippen LogP contribution in [-0.2, 0) is 4.74 Å². The Labute approximate surface area is 119 Å². The zero-order chi connectivity index (χ0) is 13.7. The van der Waals surface area contributed by atoms with E-state index < -0.39 is 0 Å². The van der Waals surface area contributed by atoms with Crippen molar-refractivity contribution >= 4 is 0 Å². The second kappa shape index (κ2) is 7.61. The summed E-state index contributed by atoms with van der Waals surface area (Å²) in [7, 11) is 1.87. The van der Waals surface area contributed by atoms with Crippen LogP contribution in [0.4, 0.5) is 0 Å². The molecule has 0 aromatic rings. The molecule has 3 heteroatoms. The van der Waals surface area contributed by atoms with Crippen LogP contribution in [-0.4, -0.2) is 49.8 Å². The predicted octanol–water partition coefficient (Wildman–Crippen LogP) is 2.65. The van der Waals surface area contributed by atoms with Crippen LogP contribution in [0.3, 0.4) is 0 Å². The van der Waals surface area contributed by atoms with Crippen LogP contribution in [0.15, 0.2) is 0 Å². The third-order valence-electron chi connectivity index (χ3n) is 5.24. The molecule has 1 saturated heterocycles. The first-order valence-corrected chi connectivity index (χ1v) is 8.24. The molecular weight excluding hydrogens is 236 g/mol. The monoisotopic (exact) mass is 268 g/mol. The second-order valence-electron chi connectivity index (χ2n) is 6.47. The highest BCUT2D eigenvalue weighted by molar-refractivity contribution is 4.87. The highest BCUT2D eigenvalue weighted by Gasteiger charge is 2.30. The summed E-state index contributed by atoms with van der Waals surface area (Å²) in [6, 6.07) is 1.43. The molecule has 0 spiro atoms. The van der Waals surface area contributed by atoms with Crippen molar-refractivity contribution in [3.05, 3.63) is 0 Å².